The van der Waals surface area contributed by atoms with Gasteiger partial charge in [-0.1, -0.05) is 6.92 Å². The molecular weight excluding hydrogens is 260 g/mol. The molecule has 2 heterocycles. The number of aryl methyl sites for hydroxylation is 2. The molecule has 1 atom stereocenters. The number of aliphatic carboxylic acids is 1. The Morgan fingerprint density at radius 3 is 2.65 bits per heavy atom. The number of tetrazole rings is 1. The van der Waals surface area contributed by atoms with Crippen LogP contribution in [0, 0.1) is 13.8 Å². The molecule has 20 heavy (non-hydrogen) atoms. The minimum absolute atomic E-state index is 0.358. The van der Waals surface area contributed by atoms with E-state index < -0.39 is 11.5 Å². The molecular formula is C12H16N6O2. The SMILES string of the molecule is CCC(C)(C(=O)O)n1nnnc1-c1cc(C)nnc1C. The van der Waals surface area contributed by atoms with Crippen molar-refractivity contribution >= 4 is 5.97 Å². The quantitative estimate of drug-likeness (QED) is 0.886. The van der Waals surface area contributed by atoms with Gasteiger partial charge in [-0.2, -0.15) is 10.2 Å². The molecule has 0 aliphatic carbocycles. The van der Waals surface area contributed by atoms with Gasteiger partial charge in [0.05, 0.1) is 11.4 Å². The highest BCUT2D eigenvalue weighted by Crippen LogP contribution is 2.27. The van der Waals surface area contributed by atoms with Crippen LogP contribution in [0.25, 0.3) is 11.4 Å². The molecule has 8 nitrogen and oxygen atoms in total. The average Bonchev–Trinajstić information content (AvgIpc) is 2.90. The van der Waals surface area contributed by atoms with E-state index in [-0.39, 0.29) is 0 Å². The van der Waals surface area contributed by atoms with E-state index >= 15 is 0 Å². The van der Waals surface area contributed by atoms with E-state index in [4.69, 9.17) is 0 Å². The van der Waals surface area contributed by atoms with Gasteiger partial charge in [0, 0.05) is 5.56 Å². The van der Waals surface area contributed by atoms with Gasteiger partial charge in [-0.05, 0) is 43.7 Å². The Morgan fingerprint density at radius 2 is 2.05 bits per heavy atom. The third kappa shape index (κ3) is 2.13. The van der Waals surface area contributed by atoms with Crippen molar-refractivity contribution in [2.24, 2.45) is 0 Å². The third-order valence-corrected chi connectivity index (χ3v) is 3.43. The van der Waals surface area contributed by atoms with Gasteiger partial charge in [-0.3, -0.25) is 0 Å². The first-order chi connectivity index (χ1) is 9.40. The summed E-state index contributed by atoms with van der Waals surface area (Å²) in [5, 5.41) is 28.9. The van der Waals surface area contributed by atoms with Crippen LogP contribution in [-0.4, -0.2) is 41.5 Å². The molecule has 2 rings (SSSR count). The molecule has 1 N–H and O–H groups in total. The van der Waals surface area contributed by atoms with Crippen molar-refractivity contribution in [1.82, 2.24) is 30.4 Å². The van der Waals surface area contributed by atoms with E-state index in [0.717, 1.165) is 0 Å². The van der Waals surface area contributed by atoms with E-state index in [1.165, 1.54) is 4.68 Å². The Balaban J connectivity index is 2.64. The smallest absolute Gasteiger partial charge is 0.331 e. The maximum absolute atomic E-state index is 11.5. The fraction of sp³-hybridized carbons (Fsp3) is 0.500. The van der Waals surface area contributed by atoms with Gasteiger partial charge in [0.25, 0.3) is 0 Å². The van der Waals surface area contributed by atoms with Crippen LogP contribution in [-0.2, 0) is 10.3 Å². The number of hydrogen-bond donors (Lipinski definition) is 1. The molecule has 0 fully saturated rings. The van der Waals surface area contributed by atoms with E-state index in [1.807, 2.05) is 0 Å². The Hall–Kier alpha value is -2.38. The first-order valence-electron chi connectivity index (χ1n) is 6.23. The number of hydrogen-bond acceptors (Lipinski definition) is 6. The summed E-state index contributed by atoms with van der Waals surface area (Å²) in [5.74, 6) is -0.600. The minimum Gasteiger partial charge on any atom is -0.479 e. The highest BCUT2D eigenvalue weighted by Gasteiger charge is 2.37. The van der Waals surface area contributed by atoms with Crippen LogP contribution in [0.2, 0.25) is 0 Å². The number of nitrogens with zero attached hydrogens (tertiary/aromatic N) is 6. The highest BCUT2D eigenvalue weighted by atomic mass is 16.4. The monoisotopic (exact) mass is 276 g/mol. The van der Waals surface area contributed by atoms with E-state index in [9.17, 15) is 9.90 Å². The number of carbonyl (C=O) groups is 1. The number of carboxylic acids is 1. The molecule has 0 spiro atoms. The second kappa shape index (κ2) is 4.95. The van der Waals surface area contributed by atoms with E-state index in [1.54, 1.807) is 33.8 Å². The van der Waals surface area contributed by atoms with Gasteiger partial charge in [0.2, 0.25) is 0 Å². The molecule has 0 aromatic carbocycles. The van der Waals surface area contributed by atoms with Crippen LogP contribution >= 0.6 is 0 Å². The topological polar surface area (TPSA) is 107 Å². The summed E-state index contributed by atoms with van der Waals surface area (Å²) in [7, 11) is 0. The molecule has 0 saturated carbocycles. The van der Waals surface area contributed by atoms with Crippen LogP contribution in [0.4, 0.5) is 0 Å². The van der Waals surface area contributed by atoms with Crippen LogP contribution in [0.15, 0.2) is 6.07 Å². The lowest BCUT2D eigenvalue weighted by molar-refractivity contribution is -0.147. The molecule has 0 aliphatic rings. The molecule has 106 valence electrons. The van der Waals surface area contributed by atoms with Crippen molar-refractivity contribution in [2.45, 2.75) is 39.7 Å². The molecule has 2 aromatic rings. The second-order valence-electron chi connectivity index (χ2n) is 4.83. The number of aromatic nitrogens is 6. The lowest BCUT2D eigenvalue weighted by Gasteiger charge is -2.24. The Morgan fingerprint density at radius 1 is 1.35 bits per heavy atom. The predicted octanol–water partition coefficient (Wildman–Crippen LogP) is 0.957. The Labute approximate surface area is 115 Å². The van der Waals surface area contributed by atoms with Crippen molar-refractivity contribution in [2.75, 3.05) is 0 Å². The summed E-state index contributed by atoms with van der Waals surface area (Å²) >= 11 is 0. The summed E-state index contributed by atoms with van der Waals surface area (Å²) in [6, 6.07) is 1.79. The summed E-state index contributed by atoms with van der Waals surface area (Å²) < 4.78 is 1.33. The molecule has 0 radical (unpaired) electrons. The average molecular weight is 276 g/mol. The summed E-state index contributed by atoms with van der Waals surface area (Å²) in [5.41, 5.74) is 0.843. The van der Waals surface area contributed by atoms with Gasteiger partial charge in [-0.25, -0.2) is 9.48 Å². The number of rotatable bonds is 4. The number of carboxylic acid groups (broad SMARTS) is 1. The minimum atomic E-state index is -1.21. The maximum Gasteiger partial charge on any atom is 0.331 e. The van der Waals surface area contributed by atoms with Crippen LogP contribution < -0.4 is 0 Å². The van der Waals surface area contributed by atoms with Gasteiger partial charge in [-0.15, -0.1) is 5.10 Å². The largest absolute Gasteiger partial charge is 0.479 e. The van der Waals surface area contributed by atoms with Gasteiger partial charge in [0.1, 0.15) is 0 Å². The normalized spacial score (nSPS) is 14.0. The van der Waals surface area contributed by atoms with Gasteiger partial charge >= 0.3 is 5.97 Å². The summed E-state index contributed by atoms with van der Waals surface area (Å²) in [6.07, 6.45) is 0.358. The molecule has 0 saturated heterocycles. The first kappa shape index (κ1) is 14.0. The molecule has 0 bridgehead atoms. The third-order valence-electron chi connectivity index (χ3n) is 3.43. The highest BCUT2D eigenvalue weighted by molar-refractivity contribution is 5.77. The molecule has 1 unspecified atom stereocenters. The van der Waals surface area contributed by atoms with Crippen molar-refractivity contribution in [1.29, 1.82) is 0 Å². The van der Waals surface area contributed by atoms with E-state index in [0.29, 0.717) is 29.2 Å². The van der Waals surface area contributed by atoms with Crippen LogP contribution in [0.1, 0.15) is 31.7 Å². The Kier molecular flexibility index (Phi) is 3.47. The predicted molar refractivity (Wildman–Crippen MR) is 69.9 cm³/mol. The lowest BCUT2D eigenvalue weighted by Crippen LogP contribution is -2.39. The van der Waals surface area contributed by atoms with Crippen LogP contribution in [0.5, 0.6) is 0 Å². The van der Waals surface area contributed by atoms with Crippen molar-refractivity contribution in [3.8, 4) is 11.4 Å². The van der Waals surface area contributed by atoms with E-state index in [2.05, 4.69) is 25.7 Å². The first-order valence-corrected chi connectivity index (χ1v) is 6.23. The van der Waals surface area contributed by atoms with Crippen LogP contribution in [0.3, 0.4) is 0 Å². The molecule has 0 amide bonds. The molecule has 8 heteroatoms. The zero-order valence-electron chi connectivity index (χ0n) is 11.8. The van der Waals surface area contributed by atoms with Crippen molar-refractivity contribution in [3.63, 3.8) is 0 Å². The maximum atomic E-state index is 11.5. The zero-order chi connectivity index (χ0) is 14.9. The fourth-order valence-corrected chi connectivity index (χ4v) is 1.86. The summed E-state index contributed by atoms with van der Waals surface area (Å²) in [4.78, 5) is 11.5. The lowest BCUT2D eigenvalue weighted by atomic mass is 9.99. The standard InChI is InChI=1S/C12H16N6O2/c1-5-12(4,11(19)20)18-10(15-16-17-18)9-6-7(2)13-14-8(9)3/h6H,5H2,1-4H3,(H,19,20). The van der Waals surface area contributed by atoms with Gasteiger partial charge < -0.3 is 5.11 Å². The fourth-order valence-electron chi connectivity index (χ4n) is 1.86. The molecule has 2 aromatic heterocycles. The van der Waals surface area contributed by atoms with Crippen molar-refractivity contribution < 1.29 is 9.90 Å². The Bertz CT molecular complexity index is 653. The molecule has 0 aliphatic heterocycles. The zero-order valence-corrected chi connectivity index (χ0v) is 11.8. The second-order valence-corrected chi connectivity index (χ2v) is 4.83. The summed E-state index contributed by atoms with van der Waals surface area (Å²) in [6.45, 7) is 6.96. The van der Waals surface area contributed by atoms with Crippen molar-refractivity contribution in [3.05, 3.63) is 17.5 Å². The van der Waals surface area contributed by atoms with Gasteiger partial charge in [0.15, 0.2) is 11.4 Å².